The number of hydrogen-bond donors (Lipinski definition) is 1. The van der Waals surface area contributed by atoms with E-state index >= 15 is 0 Å². The highest BCUT2D eigenvalue weighted by atomic mass is 16.2. The number of piperidine rings is 1. The zero-order valence-corrected chi connectivity index (χ0v) is 22.5. The summed E-state index contributed by atoms with van der Waals surface area (Å²) in [4.78, 5) is 31.2. The number of likely N-dealkylation sites (tertiary alicyclic amines) is 1. The van der Waals surface area contributed by atoms with E-state index in [1.165, 1.54) is 36.1 Å². The molecule has 3 rings (SSSR count). The zero-order chi connectivity index (χ0) is 25.0. The fraction of sp³-hybridized carbons (Fsp3) is 0.724. The van der Waals surface area contributed by atoms with Gasteiger partial charge < -0.3 is 5.32 Å². The minimum atomic E-state index is -0.831. The number of nitrogens with zero attached hydrogens (tertiary/aromatic N) is 2. The molecule has 5 nitrogen and oxygen atoms in total. The number of amides is 3. The highest BCUT2D eigenvalue weighted by Crippen LogP contribution is 2.52. The largest absolute Gasteiger partial charge is 0.325 e. The van der Waals surface area contributed by atoms with Crippen LogP contribution < -0.4 is 5.32 Å². The summed E-state index contributed by atoms with van der Waals surface area (Å²) in [5.41, 5.74) is 0.0306. The molecular weight excluding hydrogens is 422 g/mol. The second kappa shape index (κ2) is 10.8. The van der Waals surface area contributed by atoms with Gasteiger partial charge in [0.2, 0.25) is 0 Å². The van der Waals surface area contributed by atoms with Gasteiger partial charge in [-0.15, -0.1) is 0 Å². The maximum Gasteiger partial charge on any atom is 0.325 e. The van der Waals surface area contributed by atoms with Crippen LogP contribution in [0.5, 0.6) is 0 Å². The van der Waals surface area contributed by atoms with E-state index in [9.17, 15) is 9.59 Å². The minimum absolute atomic E-state index is 0.000610. The van der Waals surface area contributed by atoms with Gasteiger partial charge in [0.1, 0.15) is 5.54 Å². The smallest absolute Gasteiger partial charge is 0.323 e. The van der Waals surface area contributed by atoms with Gasteiger partial charge in [-0.25, -0.2) is 4.79 Å². The first-order valence-corrected chi connectivity index (χ1v) is 13.6. The number of carbonyl (C=O) groups excluding carboxylic acids is 2. The molecule has 2 heterocycles. The number of benzene rings is 1. The summed E-state index contributed by atoms with van der Waals surface area (Å²) in [7, 11) is 0. The molecule has 1 aromatic rings. The van der Waals surface area contributed by atoms with E-state index in [1.54, 1.807) is 0 Å². The van der Waals surface area contributed by atoms with Crippen LogP contribution in [-0.4, -0.2) is 44.9 Å². The van der Waals surface area contributed by atoms with Crippen LogP contribution in [0, 0.1) is 5.92 Å². The Morgan fingerprint density at radius 2 is 1.59 bits per heavy atom. The maximum absolute atomic E-state index is 14.0. The summed E-state index contributed by atoms with van der Waals surface area (Å²) in [6, 6.07) is 10.4. The van der Waals surface area contributed by atoms with Gasteiger partial charge in [-0.05, 0) is 45.1 Å². The number of nitrogens with one attached hydrogen (secondary N) is 1. The van der Waals surface area contributed by atoms with Crippen molar-refractivity contribution in [1.29, 1.82) is 0 Å². The molecule has 2 aliphatic heterocycles. The molecule has 4 unspecified atom stereocenters. The molecule has 34 heavy (non-hydrogen) atoms. The van der Waals surface area contributed by atoms with Gasteiger partial charge >= 0.3 is 6.03 Å². The van der Waals surface area contributed by atoms with Gasteiger partial charge in [0.15, 0.2) is 0 Å². The lowest BCUT2D eigenvalue weighted by Gasteiger charge is -2.63. The normalized spacial score (nSPS) is 31.9. The molecule has 3 amide bonds. The molecule has 0 aliphatic carbocycles. The van der Waals surface area contributed by atoms with Gasteiger partial charge in [0.25, 0.3) is 5.91 Å². The monoisotopic (exact) mass is 469 g/mol. The van der Waals surface area contributed by atoms with E-state index < -0.39 is 5.54 Å². The van der Waals surface area contributed by atoms with Crippen molar-refractivity contribution < 1.29 is 9.59 Å². The summed E-state index contributed by atoms with van der Waals surface area (Å²) in [5, 5.41) is 3.25. The Morgan fingerprint density at radius 1 is 0.941 bits per heavy atom. The van der Waals surface area contributed by atoms with Crippen molar-refractivity contribution in [3.8, 4) is 0 Å². The number of urea groups is 1. The maximum atomic E-state index is 14.0. The van der Waals surface area contributed by atoms with E-state index in [-0.39, 0.29) is 28.9 Å². The summed E-state index contributed by atoms with van der Waals surface area (Å²) in [6.45, 7) is 14.8. The van der Waals surface area contributed by atoms with Crippen LogP contribution in [0.3, 0.4) is 0 Å². The molecule has 190 valence electrons. The quantitative estimate of drug-likeness (QED) is 0.297. The summed E-state index contributed by atoms with van der Waals surface area (Å²) in [6.07, 6.45) is 9.35. The van der Waals surface area contributed by atoms with E-state index in [1.807, 2.05) is 0 Å². The first-order valence-electron chi connectivity index (χ1n) is 13.6. The van der Waals surface area contributed by atoms with Crippen LogP contribution >= 0.6 is 0 Å². The number of carbonyl (C=O) groups is 2. The molecule has 0 aromatic heterocycles. The lowest BCUT2D eigenvalue weighted by molar-refractivity contribution is -0.157. The molecule has 1 N–H and O–H groups in total. The fourth-order valence-corrected chi connectivity index (χ4v) is 6.49. The third-order valence-corrected chi connectivity index (χ3v) is 9.20. The SMILES string of the molecule is CCCCCCCCN1C(=O)NC2(CC(C)(CC)N(Cc3ccccc3)C(C)(CC)C2C)C1=O. The first kappa shape index (κ1) is 26.7. The lowest BCUT2D eigenvalue weighted by atomic mass is 9.59. The van der Waals surface area contributed by atoms with Crippen molar-refractivity contribution in [1.82, 2.24) is 15.1 Å². The zero-order valence-electron chi connectivity index (χ0n) is 22.5. The predicted molar refractivity (Wildman–Crippen MR) is 140 cm³/mol. The van der Waals surface area contributed by atoms with Crippen molar-refractivity contribution in [3.05, 3.63) is 35.9 Å². The summed E-state index contributed by atoms with van der Waals surface area (Å²) < 4.78 is 0. The van der Waals surface area contributed by atoms with Crippen LogP contribution in [0.2, 0.25) is 0 Å². The van der Waals surface area contributed by atoms with Crippen molar-refractivity contribution in [3.63, 3.8) is 0 Å². The molecule has 2 aliphatic rings. The van der Waals surface area contributed by atoms with Crippen LogP contribution in [0.25, 0.3) is 0 Å². The highest BCUT2D eigenvalue weighted by Gasteiger charge is 2.66. The van der Waals surface area contributed by atoms with E-state index in [0.717, 1.165) is 32.2 Å². The average Bonchev–Trinajstić information content (AvgIpc) is 3.07. The Labute approximate surface area is 207 Å². The Hall–Kier alpha value is -1.88. The van der Waals surface area contributed by atoms with Gasteiger partial charge in [0, 0.05) is 30.1 Å². The Bertz CT molecular complexity index is 843. The van der Waals surface area contributed by atoms with Crippen LogP contribution in [0.1, 0.15) is 105 Å². The third-order valence-electron chi connectivity index (χ3n) is 9.20. The standard InChI is InChI=1S/C29H47N3O2/c1-7-10-11-12-13-17-20-31-25(33)29(30-26(31)34)22-27(5,8-2)32(28(6,9-3)23(29)4)21-24-18-15-14-16-19-24/h14-16,18-19,23H,7-13,17,20-22H2,1-6H3,(H,30,34). The Kier molecular flexibility index (Phi) is 8.49. The van der Waals surface area contributed by atoms with Crippen LogP contribution in [0.4, 0.5) is 4.79 Å². The van der Waals surface area contributed by atoms with E-state index in [2.05, 4.69) is 82.1 Å². The molecule has 2 saturated heterocycles. The first-order chi connectivity index (χ1) is 16.2. The number of unbranched alkanes of at least 4 members (excludes halogenated alkanes) is 5. The fourth-order valence-electron chi connectivity index (χ4n) is 6.49. The van der Waals surface area contributed by atoms with Crippen molar-refractivity contribution in [2.45, 2.75) is 122 Å². The van der Waals surface area contributed by atoms with Gasteiger partial charge in [-0.2, -0.15) is 0 Å². The van der Waals surface area contributed by atoms with Crippen molar-refractivity contribution in [2.24, 2.45) is 5.92 Å². The number of imide groups is 1. The molecule has 0 radical (unpaired) electrons. The number of rotatable bonds is 11. The third kappa shape index (κ3) is 4.78. The number of hydrogen-bond acceptors (Lipinski definition) is 3. The van der Waals surface area contributed by atoms with Crippen molar-refractivity contribution >= 4 is 11.9 Å². The second-order valence-electron chi connectivity index (χ2n) is 11.2. The molecule has 4 atom stereocenters. The Balaban J connectivity index is 1.85. The minimum Gasteiger partial charge on any atom is -0.323 e. The molecular formula is C29H47N3O2. The Morgan fingerprint density at radius 3 is 2.21 bits per heavy atom. The van der Waals surface area contributed by atoms with Gasteiger partial charge in [0.05, 0.1) is 0 Å². The topological polar surface area (TPSA) is 52.7 Å². The van der Waals surface area contributed by atoms with E-state index in [0.29, 0.717) is 13.0 Å². The van der Waals surface area contributed by atoms with Crippen LogP contribution in [0.15, 0.2) is 30.3 Å². The van der Waals surface area contributed by atoms with E-state index in [4.69, 9.17) is 0 Å². The second-order valence-corrected chi connectivity index (χ2v) is 11.2. The molecule has 1 aromatic carbocycles. The highest BCUT2D eigenvalue weighted by molar-refractivity contribution is 6.07. The lowest BCUT2D eigenvalue weighted by Crippen LogP contribution is -2.75. The van der Waals surface area contributed by atoms with Crippen LogP contribution in [-0.2, 0) is 11.3 Å². The average molecular weight is 470 g/mol. The summed E-state index contributed by atoms with van der Waals surface area (Å²) >= 11 is 0. The molecule has 5 heteroatoms. The van der Waals surface area contributed by atoms with Gasteiger partial charge in [-0.3, -0.25) is 14.6 Å². The van der Waals surface area contributed by atoms with Gasteiger partial charge in [-0.1, -0.05) is 90.1 Å². The van der Waals surface area contributed by atoms with Crippen molar-refractivity contribution in [2.75, 3.05) is 6.54 Å². The molecule has 2 fully saturated rings. The molecule has 1 spiro atoms. The molecule has 0 bridgehead atoms. The predicted octanol–water partition coefficient (Wildman–Crippen LogP) is 6.52. The summed E-state index contributed by atoms with van der Waals surface area (Å²) in [5.74, 6) is -0.00314. The molecule has 0 saturated carbocycles.